The summed E-state index contributed by atoms with van der Waals surface area (Å²) in [6.07, 6.45) is 5.60. The van der Waals surface area contributed by atoms with E-state index in [0.717, 1.165) is 30.6 Å². The van der Waals surface area contributed by atoms with E-state index in [-0.39, 0.29) is 6.61 Å². The van der Waals surface area contributed by atoms with E-state index in [0.29, 0.717) is 51.5 Å². The van der Waals surface area contributed by atoms with Crippen LogP contribution in [-0.2, 0) is 24.4 Å². The van der Waals surface area contributed by atoms with Gasteiger partial charge in [0.2, 0.25) is 0 Å². The van der Waals surface area contributed by atoms with Crippen LogP contribution < -0.4 is 11.2 Å². The van der Waals surface area contributed by atoms with Gasteiger partial charge in [0, 0.05) is 25.5 Å². The lowest BCUT2D eigenvalue weighted by Crippen LogP contribution is -2.31. The summed E-state index contributed by atoms with van der Waals surface area (Å²) in [5.41, 5.74) is 0.133. The number of aromatic amines is 1. The number of esters is 1. The Morgan fingerprint density at radius 1 is 1.09 bits per heavy atom. The van der Waals surface area contributed by atoms with Crippen molar-refractivity contribution in [1.29, 1.82) is 0 Å². The fourth-order valence-electron chi connectivity index (χ4n) is 3.60. The molecule has 0 fully saturated rings. The van der Waals surface area contributed by atoms with E-state index in [4.69, 9.17) is 4.74 Å². The minimum atomic E-state index is -0.551. The minimum Gasteiger partial charge on any atom is -0.453 e. The van der Waals surface area contributed by atoms with Gasteiger partial charge in [-0.1, -0.05) is 20.3 Å². The molecule has 0 aromatic carbocycles. The van der Waals surface area contributed by atoms with Gasteiger partial charge in [-0.15, -0.1) is 11.3 Å². The molecule has 0 saturated heterocycles. The average molecular weight is 484 g/mol. The van der Waals surface area contributed by atoms with Crippen LogP contribution in [0, 0.1) is 6.92 Å². The van der Waals surface area contributed by atoms with Gasteiger partial charge in [0.1, 0.15) is 17.3 Å². The molecule has 0 aliphatic rings. The standard InChI is InChI=1S/C22H25N7O4S/c1-4-6-11-29-18-15(19(30)27-22(29)32)28(10-5-2)14(26-18)12-33-21(31)16-13(3)25-20(34-16)17-23-8-7-9-24-17/h7-9H,4-6,10-12H2,1-3H3,(H,27,30,32). The molecule has 0 bridgehead atoms. The van der Waals surface area contributed by atoms with Crippen LogP contribution in [-0.4, -0.2) is 40.0 Å². The lowest BCUT2D eigenvalue weighted by atomic mass is 10.3. The molecule has 0 atom stereocenters. The number of H-pyrrole nitrogens is 1. The molecular weight excluding hydrogens is 458 g/mol. The Kier molecular flexibility index (Phi) is 6.96. The number of nitrogens with zero attached hydrogens (tertiary/aromatic N) is 6. The van der Waals surface area contributed by atoms with Crippen molar-refractivity contribution < 1.29 is 9.53 Å². The molecule has 0 spiro atoms. The first kappa shape index (κ1) is 23.5. The van der Waals surface area contributed by atoms with E-state index in [1.807, 2.05) is 13.8 Å². The Bertz CT molecular complexity index is 1440. The van der Waals surface area contributed by atoms with E-state index in [1.54, 1.807) is 30.0 Å². The molecule has 0 aliphatic heterocycles. The van der Waals surface area contributed by atoms with Gasteiger partial charge in [-0.25, -0.2) is 29.5 Å². The van der Waals surface area contributed by atoms with Crippen molar-refractivity contribution in [2.24, 2.45) is 0 Å². The Balaban J connectivity index is 1.65. The van der Waals surface area contributed by atoms with Crippen molar-refractivity contribution in [2.75, 3.05) is 0 Å². The quantitative estimate of drug-likeness (QED) is 0.359. The van der Waals surface area contributed by atoms with Gasteiger partial charge in [0.15, 0.2) is 22.0 Å². The molecule has 0 amide bonds. The van der Waals surface area contributed by atoms with E-state index < -0.39 is 17.2 Å². The van der Waals surface area contributed by atoms with Gasteiger partial charge >= 0.3 is 11.7 Å². The molecule has 4 aromatic rings. The Morgan fingerprint density at radius 3 is 2.56 bits per heavy atom. The van der Waals surface area contributed by atoms with Gasteiger partial charge in [0.05, 0.1) is 5.69 Å². The zero-order valence-corrected chi connectivity index (χ0v) is 20.0. The molecule has 12 heteroatoms. The molecule has 0 saturated carbocycles. The second kappa shape index (κ2) is 10.1. The molecular formula is C22H25N7O4S. The molecule has 0 unspecified atom stereocenters. The summed E-state index contributed by atoms with van der Waals surface area (Å²) in [5, 5.41) is 0.523. The highest BCUT2D eigenvalue weighted by Crippen LogP contribution is 2.26. The van der Waals surface area contributed by atoms with Crippen LogP contribution in [0.5, 0.6) is 0 Å². The summed E-state index contributed by atoms with van der Waals surface area (Å²) in [7, 11) is 0. The molecule has 0 aliphatic carbocycles. The monoisotopic (exact) mass is 483 g/mol. The van der Waals surface area contributed by atoms with Gasteiger partial charge in [-0.3, -0.25) is 14.3 Å². The van der Waals surface area contributed by atoms with Crippen LogP contribution >= 0.6 is 11.3 Å². The number of thiazole rings is 1. The van der Waals surface area contributed by atoms with Crippen LogP contribution in [0.2, 0.25) is 0 Å². The average Bonchev–Trinajstić information content (AvgIpc) is 3.39. The SMILES string of the molecule is CCCCn1c(=O)[nH]c(=O)c2c1nc(COC(=O)c1sc(-c3ncccn3)nc1C)n2CCC. The number of aromatic nitrogens is 7. The van der Waals surface area contributed by atoms with Crippen molar-refractivity contribution in [3.8, 4) is 10.8 Å². The second-order valence-electron chi connectivity index (χ2n) is 7.70. The minimum absolute atomic E-state index is 0.149. The zero-order chi connectivity index (χ0) is 24.2. The fourth-order valence-corrected chi connectivity index (χ4v) is 4.51. The third-order valence-electron chi connectivity index (χ3n) is 5.22. The van der Waals surface area contributed by atoms with E-state index in [9.17, 15) is 14.4 Å². The lowest BCUT2D eigenvalue weighted by Gasteiger charge is -2.08. The number of fused-ring (bicyclic) bond motifs is 1. The summed E-state index contributed by atoms with van der Waals surface area (Å²) in [6, 6.07) is 1.70. The molecule has 1 N–H and O–H groups in total. The van der Waals surface area contributed by atoms with Gasteiger partial charge < -0.3 is 9.30 Å². The first-order chi connectivity index (χ1) is 16.4. The highest BCUT2D eigenvalue weighted by atomic mass is 32.1. The maximum absolute atomic E-state index is 12.8. The van der Waals surface area contributed by atoms with Crippen LogP contribution in [0.4, 0.5) is 0 Å². The molecule has 11 nitrogen and oxygen atoms in total. The zero-order valence-electron chi connectivity index (χ0n) is 19.2. The maximum Gasteiger partial charge on any atom is 0.350 e. The van der Waals surface area contributed by atoms with E-state index in [2.05, 4.69) is 24.9 Å². The Hall–Kier alpha value is -3.67. The third kappa shape index (κ3) is 4.53. The summed E-state index contributed by atoms with van der Waals surface area (Å²) < 4.78 is 8.74. The largest absolute Gasteiger partial charge is 0.453 e. The van der Waals surface area contributed by atoms with Crippen LogP contribution in [0.15, 0.2) is 28.0 Å². The maximum atomic E-state index is 12.8. The predicted molar refractivity (Wildman–Crippen MR) is 127 cm³/mol. The number of unbranched alkanes of at least 4 members (excludes halogenated alkanes) is 1. The molecule has 4 aromatic heterocycles. The number of ether oxygens (including phenoxy) is 1. The smallest absolute Gasteiger partial charge is 0.350 e. The second-order valence-corrected chi connectivity index (χ2v) is 8.70. The van der Waals surface area contributed by atoms with Gasteiger partial charge in [-0.05, 0) is 25.8 Å². The normalized spacial score (nSPS) is 11.3. The summed E-state index contributed by atoms with van der Waals surface area (Å²) in [6.45, 7) is 6.49. The van der Waals surface area contributed by atoms with Crippen molar-refractivity contribution in [3.63, 3.8) is 0 Å². The van der Waals surface area contributed by atoms with Crippen molar-refractivity contribution in [2.45, 2.75) is 59.7 Å². The first-order valence-electron chi connectivity index (χ1n) is 11.1. The molecule has 0 radical (unpaired) electrons. The number of hydrogen-bond donors (Lipinski definition) is 1. The molecule has 34 heavy (non-hydrogen) atoms. The number of aryl methyl sites for hydroxylation is 3. The summed E-state index contributed by atoms with van der Waals surface area (Å²) in [5.74, 6) is 0.286. The highest BCUT2D eigenvalue weighted by molar-refractivity contribution is 7.16. The molecule has 4 heterocycles. The summed E-state index contributed by atoms with van der Waals surface area (Å²) >= 11 is 1.15. The fraction of sp³-hybridized carbons (Fsp3) is 0.409. The number of carbonyl (C=O) groups excluding carboxylic acids is 1. The summed E-state index contributed by atoms with van der Waals surface area (Å²) in [4.78, 5) is 57.9. The van der Waals surface area contributed by atoms with Crippen LogP contribution in [0.25, 0.3) is 22.0 Å². The van der Waals surface area contributed by atoms with E-state index >= 15 is 0 Å². The predicted octanol–water partition coefficient (Wildman–Crippen LogP) is 2.68. The number of nitrogens with one attached hydrogen (secondary N) is 1. The van der Waals surface area contributed by atoms with E-state index in [1.165, 1.54) is 4.57 Å². The highest BCUT2D eigenvalue weighted by Gasteiger charge is 2.22. The van der Waals surface area contributed by atoms with Crippen molar-refractivity contribution in [1.82, 2.24) is 34.1 Å². The number of rotatable bonds is 9. The Morgan fingerprint density at radius 2 is 1.85 bits per heavy atom. The number of hydrogen-bond acceptors (Lipinski definition) is 9. The number of imidazole rings is 1. The Labute approximate surface area is 198 Å². The topological polar surface area (TPSA) is 138 Å². The van der Waals surface area contributed by atoms with Crippen molar-refractivity contribution in [3.05, 3.63) is 55.7 Å². The molecule has 178 valence electrons. The molecule has 4 rings (SSSR count). The van der Waals surface area contributed by atoms with Crippen LogP contribution in [0.1, 0.15) is 54.3 Å². The first-order valence-corrected chi connectivity index (χ1v) is 11.9. The number of carbonyl (C=O) groups is 1. The van der Waals surface area contributed by atoms with Gasteiger partial charge in [-0.2, -0.15) is 0 Å². The third-order valence-corrected chi connectivity index (χ3v) is 6.35. The van der Waals surface area contributed by atoms with Crippen molar-refractivity contribution >= 4 is 28.5 Å². The van der Waals surface area contributed by atoms with Gasteiger partial charge in [0.25, 0.3) is 5.56 Å². The lowest BCUT2D eigenvalue weighted by molar-refractivity contribution is 0.0463. The van der Waals surface area contributed by atoms with Crippen LogP contribution in [0.3, 0.4) is 0 Å².